The van der Waals surface area contributed by atoms with Crippen molar-refractivity contribution in [1.29, 1.82) is 0 Å². The Kier molecular flexibility index (Phi) is 4.70. The summed E-state index contributed by atoms with van der Waals surface area (Å²) in [4.78, 5) is 0. The Bertz CT molecular complexity index is 509. The van der Waals surface area contributed by atoms with E-state index in [0.717, 1.165) is 14.2 Å². The van der Waals surface area contributed by atoms with E-state index in [9.17, 15) is 3.83 Å². The molecule has 0 saturated heterocycles. The van der Waals surface area contributed by atoms with Crippen LogP contribution >= 0.6 is 0 Å². The molecule has 0 amide bonds. The summed E-state index contributed by atoms with van der Waals surface area (Å²) in [6.07, 6.45) is 0. The summed E-state index contributed by atoms with van der Waals surface area (Å²) in [5.74, 6) is 2.21. The van der Waals surface area contributed by atoms with E-state index in [0.29, 0.717) is 15.0 Å². The third-order valence-electron chi connectivity index (χ3n) is 2.43. The first kappa shape index (κ1) is 12.7. The van der Waals surface area contributed by atoms with E-state index >= 15 is 0 Å². The molecule has 2 rings (SSSR count). The molecular weight excluding hydrogens is 342 g/mol. The van der Waals surface area contributed by atoms with Gasteiger partial charge in [-0.1, -0.05) is 0 Å². The summed E-state index contributed by atoms with van der Waals surface area (Å²) >= 11 is -1.50. The molecule has 0 radical (unpaired) electrons. The minimum absolute atomic E-state index is 0.582. The zero-order valence-corrected chi connectivity index (χ0v) is 13.1. The molecule has 0 aliphatic carbocycles. The van der Waals surface area contributed by atoms with Gasteiger partial charge in [0.1, 0.15) is 0 Å². The van der Waals surface area contributed by atoms with Crippen molar-refractivity contribution >= 4 is 37.7 Å². The summed E-state index contributed by atoms with van der Waals surface area (Å²) in [6.45, 7) is 0. The Hall–Kier alpha value is -0.721. The third-order valence-corrected chi connectivity index (χ3v) is 6.83. The Morgan fingerprint density at radius 2 is 1.65 bits per heavy atom. The molecule has 1 atom stereocenters. The van der Waals surface area contributed by atoms with Crippen molar-refractivity contribution < 1.29 is 3.83 Å². The monoisotopic (exact) mass is 358 g/mol. The second-order valence-corrected chi connectivity index (χ2v) is 8.48. The van der Waals surface area contributed by atoms with Gasteiger partial charge in [-0.3, -0.25) is 0 Å². The van der Waals surface area contributed by atoms with Gasteiger partial charge >= 0.3 is 113 Å². The van der Waals surface area contributed by atoms with Crippen LogP contribution in [0.3, 0.4) is 0 Å². The van der Waals surface area contributed by atoms with Gasteiger partial charge in [0.15, 0.2) is 0 Å². The molecule has 1 nitrogen and oxygen atoms in total. The van der Waals surface area contributed by atoms with Crippen molar-refractivity contribution in [3.05, 3.63) is 60.2 Å². The molecular formula is C14H14OSe2. The fraction of sp³-hybridized carbons (Fsp3) is 0.143. The Balaban J connectivity index is 2.37. The molecule has 0 saturated carbocycles. The average Bonchev–Trinajstić information content (AvgIpc) is 2.40. The minimum atomic E-state index is -2.08. The topological polar surface area (TPSA) is 17.1 Å². The van der Waals surface area contributed by atoms with Crippen LogP contribution in [0.5, 0.6) is 0 Å². The van der Waals surface area contributed by atoms with Crippen LogP contribution in [0.25, 0.3) is 0 Å². The van der Waals surface area contributed by atoms with E-state index in [1.165, 1.54) is 5.56 Å². The predicted molar refractivity (Wildman–Crippen MR) is 73.9 cm³/mol. The normalized spacial score (nSPS) is 12.3. The Morgan fingerprint density at radius 1 is 1.00 bits per heavy atom. The molecule has 1 unspecified atom stereocenters. The summed E-state index contributed by atoms with van der Waals surface area (Å²) in [6, 6.07) is 17.9. The molecule has 0 N–H and O–H groups in total. The molecule has 0 aliphatic heterocycles. The molecule has 17 heavy (non-hydrogen) atoms. The molecule has 2 aromatic carbocycles. The maximum absolute atomic E-state index is 12.6. The van der Waals surface area contributed by atoms with Crippen LogP contribution in [0.15, 0.2) is 54.6 Å². The molecule has 3 heteroatoms. The summed E-state index contributed by atoms with van der Waals surface area (Å²) < 4.78 is 14.6. The molecule has 0 aromatic heterocycles. The second-order valence-electron chi connectivity index (χ2n) is 3.62. The number of hydrogen-bond acceptors (Lipinski definition) is 1. The van der Waals surface area contributed by atoms with Gasteiger partial charge in [-0.15, -0.1) is 0 Å². The zero-order chi connectivity index (χ0) is 12.1. The first-order valence-corrected chi connectivity index (χ1v) is 10.7. The molecule has 0 heterocycles. The maximum atomic E-state index is 12.6. The van der Waals surface area contributed by atoms with E-state index < -0.39 is 13.8 Å². The van der Waals surface area contributed by atoms with Crippen molar-refractivity contribution in [2.45, 2.75) is 11.1 Å². The van der Waals surface area contributed by atoms with Crippen LogP contribution in [0.1, 0.15) is 5.56 Å². The van der Waals surface area contributed by atoms with E-state index in [2.05, 4.69) is 11.9 Å². The number of rotatable bonds is 4. The molecule has 2 aromatic rings. The van der Waals surface area contributed by atoms with Crippen molar-refractivity contribution in [2.75, 3.05) is 0 Å². The average molecular weight is 356 g/mol. The van der Waals surface area contributed by atoms with Gasteiger partial charge in [-0.2, -0.15) is 0 Å². The fourth-order valence-corrected chi connectivity index (χ4v) is 5.87. The van der Waals surface area contributed by atoms with Crippen molar-refractivity contribution in [3.8, 4) is 0 Å². The first-order chi connectivity index (χ1) is 8.33. The van der Waals surface area contributed by atoms with Gasteiger partial charge in [-0.05, 0) is 0 Å². The van der Waals surface area contributed by atoms with E-state index in [-0.39, 0.29) is 0 Å². The van der Waals surface area contributed by atoms with Crippen LogP contribution in [0.4, 0.5) is 0 Å². The van der Waals surface area contributed by atoms with E-state index in [1.54, 1.807) is 0 Å². The summed E-state index contributed by atoms with van der Waals surface area (Å²) in [7, 11) is 0. The number of hydrogen-bond donors (Lipinski definition) is 0. The van der Waals surface area contributed by atoms with Gasteiger partial charge < -0.3 is 0 Å². The Morgan fingerprint density at radius 3 is 2.35 bits per heavy atom. The van der Waals surface area contributed by atoms with Crippen LogP contribution < -0.4 is 8.92 Å². The van der Waals surface area contributed by atoms with Crippen LogP contribution in [0.2, 0.25) is 5.82 Å². The van der Waals surface area contributed by atoms with Crippen LogP contribution in [0, 0.1) is 0 Å². The van der Waals surface area contributed by atoms with Crippen LogP contribution in [-0.4, -0.2) is 28.8 Å². The third kappa shape index (κ3) is 3.14. The molecule has 88 valence electrons. The van der Waals surface area contributed by atoms with E-state index in [1.807, 2.05) is 48.5 Å². The van der Waals surface area contributed by atoms with Crippen molar-refractivity contribution in [2.24, 2.45) is 0 Å². The van der Waals surface area contributed by atoms with Gasteiger partial charge in [-0.25, -0.2) is 0 Å². The van der Waals surface area contributed by atoms with Crippen molar-refractivity contribution in [1.82, 2.24) is 0 Å². The van der Waals surface area contributed by atoms with Gasteiger partial charge in [0.2, 0.25) is 0 Å². The zero-order valence-electron chi connectivity index (χ0n) is 9.63. The molecule has 0 aliphatic rings. The number of benzene rings is 2. The van der Waals surface area contributed by atoms with Crippen LogP contribution in [-0.2, 0) is 9.15 Å². The second kappa shape index (κ2) is 6.28. The van der Waals surface area contributed by atoms with Crippen molar-refractivity contribution in [3.63, 3.8) is 0 Å². The molecule has 0 spiro atoms. The quantitative estimate of drug-likeness (QED) is 0.759. The van der Waals surface area contributed by atoms with Gasteiger partial charge in [0, 0.05) is 0 Å². The standard InChI is InChI=1S/C14H14OSe2/c1-16-11-12-7-5-6-10-14(12)17(15)13-8-3-2-4-9-13/h2-10H,11H2,1H3. The predicted octanol–water partition coefficient (Wildman–Crippen LogP) is 1.48. The van der Waals surface area contributed by atoms with Gasteiger partial charge in [0.25, 0.3) is 0 Å². The Labute approximate surface area is 112 Å². The fourth-order valence-electron chi connectivity index (χ4n) is 1.63. The summed E-state index contributed by atoms with van der Waals surface area (Å²) in [5.41, 5.74) is 1.26. The molecule has 0 fully saturated rings. The van der Waals surface area contributed by atoms with E-state index in [4.69, 9.17) is 0 Å². The summed E-state index contributed by atoms with van der Waals surface area (Å²) in [5, 5.41) is 1.07. The SMILES string of the molecule is C[Se]Cc1ccccc1[Se](=O)c1ccccc1. The van der Waals surface area contributed by atoms with Gasteiger partial charge in [0.05, 0.1) is 0 Å². The first-order valence-electron chi connectivity index (χ1n) is 5.36. The molecule has 0 bridgehead atoms.